The summed E-state index contributed by atoms with van der Waals surface area (Å²) >= 11 is 0. The van der Waals surface area contributed by atoms with Crippen molar-refractivity contribution in [3.8, 4) is 0 Å². The van der Waals surface area contributed by atoms with Gasteiger partial charge in [0.1, 0.15) is 11.7 Å². The predicted molar refractivity (Wildman–Crippen MR) is 138 cm³/mol. The van der Waals surface area contributed by atoms with Crippen LogP contribution in [-0.2, 0) is 19.0 Å². The van der Waals surface area contributed by atoms with Gasteiger partial charge >= 0.3 is 5.97 Å². The Morgan fingerprint density at radius 3 is 2.37 bits per heavy atom. The number of rotatable bonds is 12. The van der Waals surface area contributed by atoms with Crippen molar-refractivity contribution in [2.45, 2.75) is 79.6 Å². The van der Waals surface area contributed by atoms with Crippen molar-refractivity contribution in [1.29, 1.82) is 0 Å². The lowest BCUT2D eigenvalue weighted by Gasteiger charge is -2.52. The molecule has 0 spiro atoms. The Kier molecular flexibility index (Phi) is 7.27. The van der Waals surface area contributed by atoms with Crippen molar-refractivity contribution in [2.75, 3.05) is 6.61 Å². The Morgan fingerprint density at radius 1 is 1.20 bits per heavy atom. The highest BCUT2D eigenvalue weighted by Gasteiger charge is 2.78. The van der Waals surface area contributed by atoms with Crippen LogP contribution < -0.4 is 0 Å². The average molecular weight is 485 g/mol. The van der Waals surface area contributed by atoms with E-state index in [1.54, 1.807) is 12.5 Å². The van der Waals surface area contributed by atoms with E-state index in [0.717, 1.165) is 12.0 Å². The van der Waals surface area contributed by atoms with Crippen LogP contribution in [0.1, 0.15) is 73.5 Å². The molecule has 2 fully saturated rings. The number of allylic oxidation sites excluding steroid dienone is 3. The van der Waals surface area contributed by atoms with Gasteiger partial charge in [0.2, 0.25) is 0 Å². The molecule has 1 aromatic rings. The standard InChI is InChI=1S/C30H44O5/c1-12-27(7,8)23(15-17-33-19(3)4)29(11,13-2)20(5)21(6)30-25(35-30)26(31)34-24(28(30,9)10)22-14-16-32-18-22/h12-14,16,18,20-21,23-25H,1-3,15,17H2,4-11H3/t20?,21-,23?,24?,25+,29+,30+/m0/s1. The van der Waals surface area contributed by atoms with E-state index >= 15 is 0 Å². The fourth-order valence-electron chi connectivity index (χ4n) is 6.78. The van der Waals surface area contributed by atoms with E-state index in [4.69, 9.17) is 18.6 Å². The molecular weight excluding hydrogens is 440 g/mol. The number of ether oxygens (including phenoxy) is 3. The number of hydrogen-bond acceptors (Lipinski definition) is 5. The molecule has 5 nitrogen and oxygen atoms in total. The second-order valence-electron chi connectivity index (χ2n) is 12.0. The molecule has 5 heteroatoms. The molecule has 2 saturated heterocycles. The van der Waals surface area contributed by atoms with Gasteiger partial charge in [-0.1, -0.05) is 67.2 Å². The number of epoxide rings is 1. The highest BCUT2D eigenvalue weighted by Crippen LogP contribution is 2.67. The highest BCUT2D eigenvalue weighted by molar-refractivity contribution is 5.81. The normalized spacial score (nSPS) is 29.5. The van der Waals surface area contributed by atoms with E-state index < -0.39 is 23.2 Å². The summed E-state index contributed by atoms with van der Waals surface area (Å²) in [5, 5.41) is 0. The topological polar surface area (TPSA) is 61.2 Å². The number of furan rings is 1. The molecule has 3 heterocycles. The molecule has 0 radical (unpaired) electrons. The van der Waals surface area contributed by atoms with Crippen LogP contribution in [0.3, 0.4) is 0 Å². The van der Waals surface area contributed by atoms with Crippen LogP contribution in [0.15, 0.2) is 60.7 Å². The van der Waals surface area contributed by atoms with Crippen molar-refractivity contribution in [1.82, 2.24) is 0 Å². The molecule has 1 aromatic heterocycles. The Balaban J connectivity index is 1.99. The summed E-state index contributed by atoms with van der Waals surface area (Å²) in [5.74, 6) is 0.779. The summed E-state index contributed by atoms with van der Waals surface area (Å²) in [6, 6.07) is 1.86. The fraction of sp³-hybridized carbons (Fsp3) is 0.633. The number of cyclic esters (lactones) is 1. The number of carbonyl (C=O) groups excluding carboxylic acids is 1. The van der Waals surface area contributed by atoms with Crippen LogP contribution in [0.25, 0.3) is 0 Å². The second-order valence-corrected chi connectivity index (χ2v) is 12.0. The van der Waals surface area contributed by atoms with E-state index in [0.29, 0.717) is 12.4 Å². The molecule has 0 saturated carbocycles. The Bertz CT molecular complexity index is 957. The minimum Gasteiger partial charge on any atom is -0.499 e. The third-order valence-electron chi connectivity index (χ3n) is 9.38. The third kappa shape index (κ3) is 4.30. The van der Waals surface area contributed by atoms with Crippen LogP contribution >= 0.6 is 0 Å². The van der Waals surface area contributed by atoms with E-state index in [9.17, 15) is 4.79 Å². The van der Waals surface area contributed by atoms with Gasteiger partial charge in [0.25, 0.3) is 0 Å². The maximum atomic E-state index is 13.0. The smallest absolute Gasteiger partial charge is 0.339 e. The lowest BCUT2D eigenvalue weighted by Crippen LogP contribution is -2.55. The van der Waals surface area contributed by atoms with Crippen LogP contribution in [0.5, 0.6) is 0 Å². The van der Waals surface area contributed by atoms with Crippen molar-refractivity contribution in [3.05, 3.63) is 61.8 Å². The summed E-state index contributed by atoms with van der Waals surface area (Å²) in [6.07, 6.45) is 7.20. The third-order valence-corrected chi connectivity index (χ3v) is 9.38. The van der Waals surface area contributed by atoms with Gasteiger partial charge in [0.15, 0.2) is 6.10 Å². The van der Waals surface area contributed by atoms with E-state index in [-0.39, 0.29) is 34.6 Å². The van der Waals surface area contributed by atoms with Gasteiger partial charge in [-0.25, -0.2) is 4.79 Å². The molecule has 2 aliphatic rings. The van der Waals surface area contributed by atoms with E-state index in [2.05, 4.69) is 74.3 Å². The largest absolute Gasteiger partial charge is 0.499 e. The molecule has 2 aliphatic heterocycles. The Morgan fingerprint density at radius 2 is 1.86 bits per heavy atom. The minimum atomic E-state index is -0.648. The van der Waals surface area contributed by atoms with Gasteiger partial charge in [-0.2, -0.15) is 0 Å². The summed E-state index contributed by atoms with van der Waals surface area (Å²) in [7, 11) is 0. The number of esters is 1. The summed E-state index contributed by atoms with van der Waals surface area (Å²) in [4.78, 5) is 13.0. The lowest BCUT2D eigenvalue weighted by atomic mass is 9.52. The monoisotopic (exact) mass is 484 g/mol. The zero-order valence-corrected chi connectivity index (χ0v) is 22.9. The van der Waals surface area contributed by atoms with Crippen molar-refractivity contribution in [2.24, 2.45) is 34.0 Å². The van der Waals surface area contributed by atoms with Crippen molar-refractivity contribution < 1.29 is 23.4 Å². The van der Waals surface area contributed by atoms with Crippen LogP contribution in [0, 0.1) is 34.0 Å². The van der Waals surface area contributed by atoms with E-state index in [1.807, 2.05) is 19.1 Å². The van der Waals surface area contributed by atoms with Gasteiger partial charge in [0, 0.05) is 11.0 Å². The molecule has 3 rings (SSSR count). The molecule has 0 aliphatic carbocycles. The molecule has 194 valence electrons. The molecule has 0 aromatic carbocycles. The first-order chi connectivity index (χ1) is 16.2. The number of hydrogen-bond donors (Lipinski definition) is 0. The number of carbonyl (C=O) groups is 1. The predicted octanol–water partition coefficient (Wildman–Crippen LogP) is 7.27. The average Bonchev–Trinajstić information content (AvgIpc) is 3.38. The van der Waals surface area contributed by atoms with Gasteiger partial charge in [-0.3, -0.25) is 0 Å². The second kappa shape index (κ2) is 9.31. The van der Waals surface area contributed by atoms with E-state index in [1.165, 1.54) is 0 Å². The molecule has 7 atom stereocenters. The van der Waals surface area contributed by atoms with Gasteiger partial charge in [-0.15, -0.1) is 13.2 Å². The van der Waals surface area contributed by atoms with Crippen LogP contribution in [0.2, 0.25) is 0 Å². The summed E-state index contributed by atoms with van der Waals surface area (Å²) in [5.41, 5.74) is -0.714. The van der Waals surface area contributed by atoms with Crippen molar-refractivity contribution in [3.63, 3.8) is 0 Å². The molecule has 35 heavy (non-hydrogen) atoms. The van der Waals surface area contributed by atoms with Crippen molar-refractivity contribution >= 4 is 5.97 Å². The molecule has 0 amide bonds. The molecule has 0 bridgehead atoms. The zero-order chi connectivity index (χ0) is 26.4. The first kappa shape index (κ1) is 27.3. The Labute approximate surface area is 211 Å². The first-order valence-corrected chi connectivity index (χ1v) is 12.7. The number of fused-ring (bicyclic) bond motifs is 1. The lowest BCUT2D eigenvalue weighted by molar-refractivity contribution is -0.168. The maximum Gasteiger partial charge on any atom is 0.339 e. The maximum absolute atomic E-state index is 13.0. The quantitative estimate of drug-likeness (QED) is 0.135. The Hall–Kier alpha value is -2.27. The molecule has 0 N–H and O–H groups in total. The SMILES string of the molecule is C=CC(C)(C)C(CCOC(=C)C)[C@](C)(C=C)C(C)[C@H](C)[C@@]12O[C@@H]1C(=O)OC(c1ccoc1)C2(C)C. The van der Waals surface area contributed by atoms with Gasteiger partial charge < -0.3 is 18.6 Å². The van der Waals surface area contributed by atoms with Crippen LogP contribution in [0.4, 0.5) is 0 Å². The zero-order valence-electron chi connectivity index (χ0n) is 22.9. The van der Waals surface area contributed by atoms with Crippen LogP contribution in [-0.4, -0.2) is 24.3 Å². The fourth-order valence-corrected chi connectivity index (χ4v) is 6.78. The molecule has 3 unspecified atom stereocenters. The van der Waals surface area contributed by atoms with Gasteiger partial charge in [0.05, 0.1) is 24.9 Å². The minimum absolute atomic E-state index is 0.0397. The first-order valence-electron chi connectivity index (χ1n) is 12.7. The summed E-state index contributed by atoms with van der Waals surface area (Å²) < 4.78 is 23.3. The van der Waals surface area contributed by atoms with Gasteiger partial charge in [-0.05, 0) is 48.0 Å². The summed E-state index contributed by atoms with van der Waals surface area (Å²) in [6.45, 7) is 30.2. The molecular formula is C30H44O5. The highest BCUT2D eigenvalue weighted by atomic mass is 16.7.